The molecule has 0 bridgehead atoms. The van der Waals surface area contributed by atoms with Crippen LogP contribution in [0.2, 0.25) is 0 Å². The van der Waals surface area contributed by atoms with Crippen LogP contribution in [0.15, 0.2) is 64.9 Å². The Morgan fingerprint density at radius 3 is 2.27 bits per heavy atom. The highest BCUT2D eigenvalue weighted by Crippen LogP contribution is 2.29. The van der Waals surface area contributed by atoms with Crippen molar-refractivity contribution in [2.45, 2.75) is 0 Å². The zero-order chi connectivity index (χ0) is 26.7. The molecule has 0 saturated carbocycles. The van der Waals surface area contributed by atoms with Crippen LogP contribution in [0.1, 0.15) is 5.56 Å². The molecule has 4 rings (SSSR count). The maximum atomic E-state index is 13.5. The van der Waals surface area contributed by atoms with Gasteiger partial charge in [-0.3, -0.25) is 34.3 Å². The van der Waals surface area contributed by atoms with Gasteiger partial charge in [-0.1, -0.05) is 5.92 Å². The summed E-state index contributed by atoms with van der Waals surface area (Å²) in [7, 11) is -4.66. The number of nitrogens with two attached hydrogens (primary N) is 1. The van der Waals surface area contributed by atoms with E-state index >= 15 is 0 Å². The Labute approximate surface area is 212 Å². The molecule has 1 fully saturated rings. The highest BCUT2D eigenvalue weighted by atomic mass is 32.2. The van der Waals surface area contributed by atoms with Crippen LogP contribution in [0.4, 0.5) is 17.1 Å². The molecule has 4 N–H and O–H groups in total. The average Bonchev–Trinajstić information content (AvgIpc) is 3.31. The van der Waals surface area contributed by atoms with Gasteiger partial charge in [0.15, 0.2) is 11.6 Å². The van der Waals surface area contributed by atoms with Crippen LogP contribution < -0.4 is 20.4 Å². The van der Waals surface area contributed by atoms with E-state index < -0.39 is 33.5 Å². The number of anilines is 3. The second kappa shape index (κ2) is 10.1. The van der Waals surface area contributed by atoms with E-state index in [-0.39, 0.29) is 24.0 Å². The van der Waals surface area contributed by atoms with E-state index in [1.165, 1.54) is 35.4 Å². The highest BCUT2D eigenvalue weighted by molar-refractivity contribution is 7.85. The molecule has 12 nitrogen and oxygen atoms in total. The number of hydrogen-bond donors (Lipinski definition) is 3. The van der Waals surface area contributed by atoms with Crippen molar-refractivity contribution >= 4 is 51.2 Å². The molecule has 2 aromatic rings. The summed E-state index contributed by atoms with van der Waals surface area (Å²) in [6.45, 7) is 1.02. The third kappa shape index (κ3) is 5.45. The second-order valence-corrected chi connectivity index (χ2v) is 9.36. The average molecular weight is 523 g/mol. The van der Waals surface area contributed by atoms with Crippen LogP contribution in [-0.2, 0) is 24.4 Å². The zero-order valence-electron chi connectivity index (χ0n) is 19.4. The first-order valence-corrected chi connectivity index (χ1v) is 12.5. The van der Waals surface area contributed by atoms with Crippen molar-refractivity contribution in [1.82, 2.24) is 0 Å². The van der Waals surface area contributed by atoms with Crippen molar-refractivity contribution in [3.63, 3.8) is 0 Å². The summed E-state index contributed by atoms with van der Waals surface area (Å²) in [4.78, 5) is 34.0. The summed E-state index contributed by atoms with van der Waals surface area (Å²) in [6.07, 6.45) is 6.74. The predicted octanol–water partition coefficient (Wildman–Crippen LogP) is 0.905. The minimum atomic E-state index is -4.66. The number of amides is 2. The van der Waals surface area contributed by atoms with Crippen molar-refractivity contribution < 1.29 is 27.3 Å². The number of terminal acetylenes is 1. The van der Waals surface area contributed by atoms with Gasteiger partial charge in [0.05, 0.1) is 13.1 Å². The van der Waals surface area contributed by atoms with Crippen LogP contribution in [0.5, 0.6) is 0 Å². The molecule has 2 amide bonds. The van der Waals surface area contributed by atoms with E-state index in [0.717, 1.165) is 4.90 Å². The smallest absolute Gasteiger partial charge is 0.289 e. The van der Waals surface area contributed by atoms with E-state index in [2.05, 4.69) is 10.9 Å². The molecule has 1 saturated heterocycles. The van der Waals surface area contributed by atoms with Gasteiger partial charge in [0.2, 0.25) is 0 Å². The fourth-order valence-corrected chi connectivity index (χ4v) is 4.48. The van der Waals surface area contributed by atoms with Crippen molar-refractivity contribution in [2.24, 2.45) is 10.7 Å². The highest BCUT2D eigenvalue weighted by Gasteiger charge is 2.33. The fraction of sp³-hybridized carbons (Fsp3) is 0.167. The molecule has 2 aromatic carbocycles. The van der Waals surface area contributed by atoms with Crippen molar-refractivity contribution in [1.29, 1.82) is 5.41 Å². The molecule has 0 atom stereocenters. The summed E-state index contributed by atoms with van der Waals surface area (Å²) in [6, 6.07) is 12.6. The monoisotopic (exact) mass is 522 g/mol. The van der Waals surface area contributed by atoms with E-state index in [1.54, 1.807) is 29.2 Å². The van der Waals surface area contributed by atoms with Crippen LogP contribution in [0.3, 0.4) is 0 Å². The second-order valence-electron chi connectivity index (χ2n) is 7.94. The first-order valence-electron chi connectivity index (χ1n) is 10.9. The maximum Gasteiger partial charge on any atom is 0.289 e. The van der Waals surface area contributed by atoms with Gasteiger partial charge in [-0.05, 0) is 48.5 Å². The molecule has 37 heavy (non-hydrogen) atoms. The molecule has 190 valence electrons. The van der Waals surface area contributed by atoms with Gasteiger partial charge in [0.1, 0.15) is 12.3 Å². The lowest BCUT2D eigenvalue weighted by atomic mass is 10.1. The lowest BCUT2D eigenvalue weighted by Crippen LogP contribution is -2.42. The molecule has 0 unspecified atom stereocenters. The molecule has 0 spiro atoms. The minimum absolute atomic E-state index is 0.0256. The van der Waals surface area contributed by atoms with E-state index in [9.17, 15) is 22.6 Å². The molecule has 0 aliphatic carbocycles. The summed E-state index contributed by atoms with van der Waals surface area (Å²) in [5.41, 5.74) is 6.79. The number of hydrogen-bond acceptors (Lipinski definition) is 8. The first kappa shape index (κ1) is 25.4. The number of ether oxygens (including phenoxy) is 1. The lowest BCUT2D eigenvalue weighted by Gasteiger charge is -2.30. The zero-order valence-corrected chi connectivity index (χ0v) is 20.2. The molecule has 2 heterocycles. The molecular formula is C24H22N6O6S. The quantitative estimate of drug-likeness (QED) is 0.356. The molecule has 0 aromatic heterocycles. The topological polar surface area (TPSA) is 170 Å². The van der Waals surface area contributed by atoms with E-state index in [1.807, 2.05) is 0 Å². The number of aliphatic imine (C=N–C) groups is 1. The lowest BCUT2D eigenvalue weighted by molar-refractivity contribution is -0.117. The Balaban J connectivity index is 1.73. The molecule has 0 radical (unpaired) electrons. The Hall–Kier alpha value is -4.67. The number of nitrogens with one attached hydrogen (secondary N) is 1. The van der Waals surface area contributed by atoms with E-state index in [0.29, 0.717) is 30.1 Å². The van der Waals surface area contributed by atoms with Crippen LogP contribution in [0, 0.1) is 17.8 Å². The number of nitrogens with zero attached hydrogens (tertiary/aromatic N) is 4. The summed E-state index contributed by atoms with van der Waals surface area (Å²) in [5, 5.41) is 7.85. The van der Waals surface area contributed by atoms with Crippen molar-refractivity contribution in [2.75, 3.05) is 40.3 Å². The number of carbonyl (C=O) groups excluding carboxylic acids is 2. The Morgan fingerprint density at radius 2 is 1.76 bits per heavy atom. The third-order valence-electron chi connectivity index (χ3n) is 5.57. The van der Waals surface area contributed by atoms with Crippen LogP contribution in [0.25, 0.3) is 0 Å². The van der Waals surface area contributed by atoms with Crippen molar-refractivity contribution in [3.8, 4) is 12.3 Å². The van der Waals surface area contributed by atoms with Gasteiger partial charge < -0.3 is 15.4 Å². The molecule has 13 heteroatoms. The van der Waals surface area contributed by atoms with Crippen LogP contribution >= 0.6 is 0 Å². The van der Waals surface area contributed by atoms with Gasteiger partial charge >= 0.3 is 0 Å². The summed E-state index contributed by atoms with van der Waals surface area (Å²) < 4.78 is 38.1. The van der Waals surface area contributed by atoms with Gasteiger partial charge in [0, 0.05) is 28.8 Å². The van der Waals surface area contributed by atoms with Gasteiger partial charge in [-0.2, -0.15) is 8.42 Å². The number of rotatable bonds is 7. The first-order chi connectivity index (χ1) is 17.6. The number of amidine groups is 1. The van der Waals surface area contributed by atoms with Gasteiger partial charge in [-0.15, -0.1) is 6.42 Å². The van der Waals surface area contributed by atoms with Crippen LogP contribution in [-0.4, -0.2) is 62.6 Å². The van der Waals surface area contributed by atoms with Gasteiger partial charge in [-0.25, -0.2) is 0 Å². The number of benzene rings is 2. The normalized spacial score (nSPS) is 15.4. The minimum Gasteiger partial charge on any atom is -0.463 e. The fourth-order valence-electron chi connectivity index (χ4n) is 3.89. The number of primary amides is 1. The maximum absolute atomic E-state index is 13.5. The Kier molecular flexibility index (Phi) is 6.96. The predicted molar refractivity (Wildman–Crippen MR) is 138 cm³/mol. The standard InChI is InChI=1S/C24H22N6O6S/c1-2-16-3-5-19(6-4-16)30(15-37(33,34)35)23(32)20-21(22(25)31)28(12-11-27-20)17-7-9-18(10-8-17)29-13-14-36-24(29)26/h1,3-11,26H,12-15H2,(H2,25,31)(H,33,34,35). The number of carbonyl (C=O) groups is 2. The Morgan fingerprint density at radius 1 is 1.14 bits per heavy atom. The largest absolute Gasteiger partial charge is 0.463 e. The summed E-state index contributed by atoms with van der Waals surface area (Å²) >= 11 is 0. The molecular weight excluding hydrogens is 500 g/mol. The SMILES string of the molecule is C#Cc1ccc(N(CS(=O)(=O)O)C(=O)C2=C(C(N)=O)N(c3ccc(N4CCOC4=N)cc3)CC=N2)cc1. The third-order valence-corrected chi connectivity index (χ3v) is 6.15. The van der Waals surface area contributed by atoms with Gasteiger partial charge in [0.25, 0.3) is 28.0 Å². The molecule has 2 aliphatic rings. The summed E-state index contributed by atoms with van der Waals surface area (Å²) in [5.74, 6) is -0.618. The molecule has 2 aliphatic heterocycles. The Bertz CT molecular complexity index is 1460. The van der Waals surface area contributed by atoms with Crippen molar-refractivity contribution in [3.05, 3.63) is 65.5 Å². The van der Waals surface area contributed by atoms with E-state index in [4.69, 9.17) is 22.3 Å².